The van der Waals surface area contributed by atoms with Crippen molar-refractivity contribution >= 4 is 39.1 Å². The van der Waals surface area contributed by atoms with Crippen molar-refractivity contribution in [2.45, 2.75) is 13.5 Å². The second kappa shape index (κ2) is 6.25. The number of carbonyl (C=O) groups excluding carboxylic acids is 2. The summed E-state index contributed by atoms with van der Waals surface area (Å²) in [5.74, 6) is -1.72. The number of nitrogens with one attached hydrogen (secondary N) is 1. The molecule has 1 N–H and O–H groups in total. The van der Waals surface area contributed by atoms with Crippen LogP contribution in [0.2, 0.25) is 0 Å². The summed E-state index contributed by atoms with van der Waals surface area (Å²) in [4.78, 5) is 40.4. The van der Waals surface area contributed by atoms with Gasteiger partial charge >= 0.3 is 0 Å². The molecule has 0 unspecified atom stereocenters. The molecule has 2 aromatic heterocycles. The molecule has 2 heterocycles. The molecule has 3 aromatic rings. The van der Waals surface area contributed by atoms with Gasteiger partial charge in [-0.05, 0) is 24.6 Å². The van der Waals surface area contributed by atoms with Gasteiger partial charge in [-0.25, -0.2) is 4.98 Å². The molecule has 0 radical (unpaired) electrons. The summed E-state index contributed by atoms with van der Waals surface area (Å²) in [6.45, 7) is 1.06. The molecule has 0 saturated carbocycles. The highest BCUT2D eigenvalue weighted by Gasteiger charge is 2.19. The largest absolute Gasteiger partial charge is 0.548 e. The van der Waals surface area contributed by atoms with Crippen LogP contribution in [-0.2, 0) is 11.3 Å². The summed E-state index contributed by atoms with van der Waals surface area (Å²) in [5.41, 5.74) is 0.618. The van der Waals surface area contributed by atoms with E-state index in [1.54, 1.807) is 31.2 Å². The molecular formula is C16H12N3O4S-. The minimum Gasteiger partial charge on any atom is -0.548 e. The zero-order valence-electron chi connectivity index (χ0n) is 12.6. The minimum atomic E-state index is -1.38. The molecule has 0 aliphatic rings. The van der Waals surface area contributed by atoms with Gasteiger partial charge in [-0.1, -0.05) is 18.2 Å². The van der Waals surface area contributed by atoms with Crippen molar-refractivity contribution in [1.82, 2.24) is 9.55 Å². The quantitative estimate of drug-likeness (QED) is 0.754. The summed E-state index contributed by atoms with van der Waals surface area (Å²) in [6, 6.07) is 8.95. The molecule has 3 rings (SSSR count). The summed E-state index contributed by atoms with van der Waals surface area (Å²) >= 11 is 1.09. The van der Waals surface area contributed by atoms with E-state index in [1.807, 2.05) is 6.07 Å². The van der Waals surface area contributed by atoms with Crippen molar-refractivity contribution in [3.05, 3.63) is 57.5 Å². The Labute approximate surface area is 140 Å². The number of nitrogens with zero attached hydrogens (tertiary/aromatic N) is 2. The van der Waals surface area contributed by atoms with Crippen molar-refractivity contribution in [2.75, 3.05) is 5.32 Å². The highest BCUT2D eigenvalue weighted by molar-refractivity contribution is 7.20. The third-order valence-corrected chi connectivity index (χ3v) is 4.65. The SMILES string of the molecule is Cc1c(C(=O)Nc2ccccc2)sc2ncn(CC(=O)[O-])c(=O)c12. The number of carbonyl (C=O) groups is 2. The smallest absolute Gasteiger partial charge is 0.266 e. The third kappa shape index (κ3) is 2.91. The number of anilines is 1. The number of fused-ring (bicyclic) bond motifs is 1. The number of hydrogen-bond donors (Lipinski definition) is 1. The van der Waals surface area contributed by atoms with Gasteiger partial charge in [0.25, 0.3) is 11.5 Å². The lowest BCUT2D eigenvalue weighted by molar-refractivity contribution is -0.306. The lowest BCUT2D eigenvalue weighted by atomic mass is 10.2. The molecule has 0 saturated heterocycles. The zero-order valence-corrected chi connectivity index (χ0v) is 13.4. The number of hydrogen-bond acceptors (Lipinski definition) is 6. The Hall–Kier alpha value is -3.00. The molecule has 0 bridgehead atoms. The number of aromatic nitrogens is 2. The van der Waals surface area contributed by atoms with Crippen LogP contribution in [0.1, 0.15) is 15.2 Å². The van der Waals surface area contributed by atoms with Crippen molar-refractivity contribution in [3.63, 3.8) is 0 Å². The van der Waals surface area contributed by atoms with Gasteiger partial charge in [0.1, 0.15) is 4.83 Å². The first-order chi connectivity index (χ1) is 11.5. The highest BCUT2D eigenvalue weighted by atomic mass is 32.1. The summed E-state index contributed by atoms with van der Waals surface area (Å²) < 4.78 is 0.955. The predicted molar refractivity (Wildman–Crippen MR) is 88.0 cm³/mol. The maximum absolute atomic E-state index is 12.4. The van der Waals surface area contributed by atoms with Crippen LogP contribution in [0.25, 0.3) is 10.2 Å². The molecular weight excluding hydrogens is 330 g/mol. The van der Waals surface area contributed by atoms with Crippen LogP contribution in [0.4, 0.5) is 5.69 Å². The number of rotatable bonds is 4. The van der Waals surface area contributed by atoms with Gasteiger partial charge < -0.3 is 15.2 Å². The van der Waals surface area contributed by atoms with Crippen LogP contribution >= 0.6 is 11.3 Å². The number of aryl methyl sites for hydroxylation is 1. The van der Waals surface area contributed by atoms with Gasteiger partial charge in [0.2, 0.25) is 0 Å². The molecule has 0 aliphatic carbocycles. The molecule has 24 heavy (non-hydrogen) atoms. The summed E-state index contributed by atoms with van der Waals surface area (Å²) in [7, 11) is 0. The van der Waals surface area contributed by atoms with Crippen molar-refractivity contribution in [2.24, 2.45) is 0 Å². The molecule has 8 heteroatoms. The number of aliphatic carboxylic acids is 1. The zero-order chi connectivity index (χ0) is 17.3. The summed E-state index contributed by atoms with van der Waals surface area (Å²) in [6.07, 6.45) is 1.15. The predicted octanol–water partition coefficient (Wildman–Crippen LogP) is 0.769. The van der Waals surface area contributed by atoms with Crippen LogP contribution in [0, 0.1) is 6.92 Å². The van der Waals surface area contributed by atoms with E-state index in [9.17, 15) is 19.5 Å². The topological polar surface area (TPSA) is 104 Å². The average Bonchev–Trinajstić information content (AvgIpc) is 2.88. The first kappa shape index (κ1) is 15.9. The van der Waals surface area contributed by atoms with E-state index in [0.29, 0.717) is 21.0 Å². The van der Waals surface area contributed by atoms with Crippen molar-refractivity contribution in [1.29, 1.82) is 0 Å². The summed E-state index contributed by atoms with van der Waals surface area (Å²) in [5, 5.41) is 13.7. The van der Waals surface area contributed by atoms with E-state index in [2.05, 4.69) is 10.3 Å². The second-order valence-electron chi connectivity index (χ2n) is 5.11. The number of amides is 1. The second-order valence-corrected chi connectivity index (χ2v) is 6.11. The van der Waals surface area contributed by atoms with Gasteiger partial charge in [-0.2, -0.15) is 0 Å². The van der Waals surface area contributed by atoms with Crippen molar-refractivity contribution < 1.29 is 14.7 Å². The van der Waals surface area contributed by atoms with E-state index in [0.717, 1.165) is 22.2 Å². The third-order valence-electron chi connectivity index (χ3n) is 3.45. The molecule has 1 aromatic carbocycles. The number of carboxylic acids is 1. The number of benzene rings is 1. The van der Waals surface area contributed by atoms with Crippen LogP contribution in [0.15, 0.2) is 41.5 Å². The fourth-order valence-corrected chi connectivity index (χ4v) is 3.37. The lowest BCUT2D eigenvalue weighted by Gasteiger charge is -2.05. The molecule has 122 valence electrons. The maximum Gasteiger partial charge on any atom is 0.266 e. The Morgan fingerprint density at radius 3 is 2.67 bits per heavy atom. The number of para-hydroxylation sites is 1. The lowest BCUT2D eigenvalue weighted by Crippen LogP contribution is -2.32. The Kier molecular flexibility index (Phi) is 4.13. The van der Waals surface area contributed by atoms with Crippen LogP contribution in [0.3, 0.4) is 0 Å². The van der Waals surface area contributed by atoms with E-state index < -0.39 is 18.1 Å². The molecule has 0 aliphatic heterocycles. The number of carboxylic acid groups (broad SMARTS) is 1. The fraction of sp³-hybridized carbons (Fsp3) is 0.125. The highest BCUT2D eigenvalue weighted by Crippen LogP contribution is 2.27. The fourth-order valence-electron chi connectivity index (χ4n) is 2.34. The van der Waals surface area contributed by atoms with Crippen molar-refractivity contribution in [3.8, 4) is 0 Å². The average molecular weight is 342 g/mol. The molecule has 0 fully saturated rings. The Morgan fingerprint density at radius 2 is 2.00 bits per heavy atom. The Bertz CT molecular complexity index is 992. The molecule has 7 nitrogen and oxygen atoms in total. The maximum atomic E-state index is 12.4. The van der Waals surface area contributed by atoms with E-state index >= 15 is 0 Å². The monoisotopic (exact) mass is 342 g/mol. The van der Waals surface area contributed by atoms with Gasteiger partial charge in [0.15, 0.2) is 0 Å². The standard InChI is InChI=1S/C16H13N3O4S/c1-9-12-15(17-8-19(16(12)23)7-11(20)21)24-13(9)14(22)18-10-5-3-2-4-6-10/h2-6,8H,7H2,1H3,(H,18,22)(H,20,21)/p-1. The van der Waals surface area contributed by atoms with Gasteiger partial charge in [-0.3, -0.25) is 14.2 Å². The Balaban J connectivity index is 2.02. The van der Waals surface area contributed by atoms with Crippen LogP contribution < -0.4 is 16.0 Å². The minimum absolute atomic E-state index is 0.252. The molecule has 0 spiro atoms. The normalized spacial score (nSPS) is 10.7. The van der Waals surface area contributed by atoms with E-state index in [1.165, 1.54) is 0 Å². The Morgan fingerprint density at radius 1 is 1.29 bits per heavy atom. The van der Waals surface area contributed by atoms with Crippen LogP contribution in [0.5, 0.6) is 0 Å². The first-order valence-corrected chi connectivity index (χ1v) is 7.84. The van der Waals surface area contributed by atoms with Gasteiger partial charge in [-0.15, -0.1) is 11.3 Å². The van der Waals surface area contributed by atoms with Gasteiger partial charge in [0.05, 0.1) is 29.1 Å². The number of thiophene rings is 1. The van der Waals surface area contributed by atoms with E-state index in [4.69, 9.17) is 0 Å². The molecule has 0 atom stereocenters. The van der Waals surface area contributed by atoms with Crippen LogP contribution in [-0.4, -0.2) is 21.4 Å². The molecule has 1 amide bonds. The first-order valence-electron chi connectivity index (χ1n) is 7.02. The van der Waals surface area contributed by atoms with E-state index in [-0.39, 0.29) is 11.3 Å². The van der Waals surface area contributed by atoms with Gasteiger partial charge in [0, 0.05) is 5.69 Å².